The van der Waals surface area contributed by atoms with Crippen molar-refractivity contribution in [1.82, 2.24) is 14.3 Å². The number of carboxylic acids is 1. The van der Waals surface area contributed by atoms with E-state index >= 15 is 0 Å². The van der Waals surface area contributed by atoms with E-state index in [-0.39, 0.29) is 25.4 Å². The molecular formula is C20H21N3O6S. The summed E-state index contributed by atoms with van der Waals surface area (Å²) in [6, 6.07) is 13.7. The van der Waals surface area contributed by atoms with Gasteiger partial charge in [-0.1, -0.05) is 36.4 Å². The van der Waals surface area contributed by atoms with E-state index in [0.29, 0.717) is 24.1 Å². The number of rotatable bonds is 8. The van der Waals surface area contributed by atoms with Gasteiger partial charge < -0.3 is 10.4 Å². The van der Waals surface area contributed by atoms with Crippen LogP contribution in [0.4, 0.5) is 0 Å². The van der Waals surface area contributed by atoms with Crippen LogP contribution in [0.5, 0.6) is 0 Å². The molecule has 9 nitrogen and oxygen atoms in total. The van der Waals surface area contributed by atoms with Crippen LogP contribution >= 0.6 is 0 Å². The molecule has 3 rings (SSSR count). The largest absolute Gasteiger partial charge is 0.481 e. The van der Waals surface area contributed by atoms with Gasteiger partial charge in [-0.15, -0.1) is 0 Å². The zero-order valence-corrected chi connectivity index (χ0v) is 16.8. The molecule has 0 aliphatic carbocycles. The van der Waals surface area contributed by atoms with Gasteiger partial charge in [0.25, 0.3) is 5.91 Å². The molecule has 3 N–H and O–H groups in total. The fraction of sp³-hybridized carbons (Fsp3) is 0.250. The van der Waals surface area contributed by atoms with Crippen LogP contribution in [-0.4, -0.2) is 48.7 Å². The maximum absolute atomic E-state index is 12.3. The van der Waals surface area contributed by atoms with Gasteiger partial charge >= 0.3 is 16.2 Å². The SMILES string of the molecule is O=C(O)Cc1ccc(CCNC(=O)c2ccc(CN3CC(=O)NS3(=O)=O)cc2)cc1. The molecule has 0 aromatic heterocycles. The zero-order valence-electron chi connectivity index (χ0n) is 16.0. The first kappa shape index (κ1) is 21.5. The molecule has 2 aromatic carbocycles. The van der Waals surface area contributed by atoms with E-state index in [9.17, 15) is 22.8 Å². The molecule has 0 spiro atoms. The van der Waals surface area contributed by atoms with Crippen molar-refractivity contribution in [3.05, 3.63) is 70.8 Å². The fourth-order valence-corrected chi connectivity index (χ4v) is 4.10. The van der Waals surface area contributed by atoms with E-state index in [1.54, 1.807) is 36.4 Å². The van der Waals surface area contributed by atoms with E-state index in [1.807, 2.05) is 16.9 Å². The maximum atomic E-state index is 12.3. The minimum absolute atomic E-state index is 0.0243. The predicted octanol–water partition coefficient (Wildman–Crippen LogP) is 0.463. The minimum Gasteiger partial charge on any atom is -0.481 e. The molecule has 1 fully saturated rings. The summed E-state index contributed by atoms with van der Waals surface area (Å²) < 4.78 is 26.5. The summed E-state index contributed by atoms with van der Waals surface area (Å²) in [4.78, 5) is 34.2. The van der Waals surface area contributed by atoms with Crippen LogP contribution in [0.15, 0.2) is 48.5 Å². The number of nitrogens with one attached hydrogen (secondary N) is 2. The lowest BCUT2D eigenvalue weighted by molar-refractivity contribution is -0.136. The summed E-state index contributed by atoms with van der Waals surface area (Å²) in [5, 5.41) is 11.6. The molecule has 0 saturated carbocycles. The number of benzene rings is 2. The van der Waals surface area contributed by atoms with Crippen molar-refractivity contribution in [1.29, 1.82) is 0 Å². The standard InChI is InChI=1S/C20H21N3O6S/c24-18-13-23(30(28,29)22-18)12-16-5-7-17(8-6-16)20(27)21-10-9-14-1-3-15(4-2-14)11-19(25)26/h1-8H,9-13H2,(H,21,27)(H,22,24)(H,25,26). The average Bonchev–Trinajstić information content (AvgIpc) is 2.94. The first-order chi connectivity index (χ1) is 14.2. The topological polar surface area (TPSA) is 133 Å². The van der Waals surface area contributed by atoms with Crippen molar-refractivity contribution in [2.75, 3.05) is 13.1 Å². The molecule has 158 valence electrons. The van der Waals surface area contributed by atoms with Crippen LogP contribution in [0.2, 0.25) is 0 Å². The van der Waals surface area contributed by atoms with Crippen LogP contribution in [0.25, 0.3) is 0 Å². The third kappa shape index (κ3) is 5.65. The molecule has 1 heterocycles. The number of amides is 2. The minimum atomic E-state index is -3.78. The third-order valence-electron chi connectivity index (χ3n) is 4.56. The lowest BCUT2D eigenvalue weighted by Crippen LogP contribution is -2.29. The van der Waals surface area contributed by atoms with Crippen molar-refractivity contribution < 1.29 is 27.9 Å². The van der Waals surface area contributed by atoms with Gasteiger partial charge in [-0.2, -0.15) is 12.7 Å². The van der Waals surface area contributed by atoms with Gasteiger partial charge in [-0.05, 0) is 35.2 Å². The van der Waals surface area contributed by atoms with Gasteiger partial charge in [0.2, 0.25) is 5.91 Å². The van der Waals surface area contributed by atoms with Gasteiger partial charge in [0.05, 0.1) is 13.0 Å². The van der Waals surface area contributed by atoms with Crippen molar-refractivity contribution in [2.45, 2.75) is 19.4 Å². The second-order valence-electron chi connectivity index (χ2n) is 6.89. The Morgan fingerprint density at radius 2 is 1.60 bits per heavy atom. The zero-order chi connectivity index (χ0) is 21.7. The summed E-state index contributed by atoms with van der Waals surface area (Å²) >= 11 is 0. The number of carboxylic acid groups (broad SMARTS) is 1. The Bertz CT molecular complexity index is 1050. The summed E-state index contributed by atoms with van der Waals surface area (Å²) in [6.45, 7) is 0.237. The second-order valence-corrected chi connectivity index (χ2v) is 8.56. The first-order valence-electron chi connectivity index (χ1n) is 9.20. The second kappa shape index (κ2) is 9.06. The Balaban J connectivity index is 1.49. The number of carbonyl (C=O) groups excluding carboxylic acids is 2. The quantitative estimate of drug-likeness (QED) is 0.556. The van der Waals surface area contributed by atoms with Crippen molar-refractivity contribution in [3.63, 3.8) is 0 Å². The Labute approximate surface area is 173 Å². The molecule has 2 amide bonds. The fourth-order valence-electron chi connectivity index (χ4n) is 3.01. The van der Waals surface area contributed by atoms with Gasteiger partial charge in [0.1, 0.15) is 0 Å². The summed E-state index contributed by atoms with van der Waals surface area (Å²) in [5.74, 6) is -1.70. The number of hydrogen-bond acceptors (Lipinski definition) is 5. The first-order valence-corrected chi connectivity index (χ1v) is 10.6. The Morgan fingerprint density at radius 1 is 1.00 bits per heavy atom. The maximum Gasteiger partial charge on any atom is 0.307 e. The van der Waals surface area contributed by atoms with E-state index in [2.05, 4.69) is 5.32 Å². The van der Waals surface area contributed by atoms with E-state index < -0.39 is 22.1 Å². The normalized spacial score (nSPS) is 15.5. The highest BCUT2D eigenvalue weighted by Gasteiger charge is 2.33. The van der Waals surface area contributed by atoms with Gasteiger partial charge in [-0.3, -0.25) is 14.4 Å². The van der Waals surface area contributed by atoms with Crippen LogP contribution in [-0.2, 0) is 39.2 Å². The lowest BCUT2D eigenvalue weighted by Gasteiger charge is -2.12. The predicted molar refractivity (Wildman–Crippen MR) is 108 cm³/mol. The van der Waals surface area contributed by atoms with E-state index in [1.165, 1.54) is 0 Å². The Kier molecular flexibility index (Phi) is 6.48. The molecule has 0 unspecified atom stereocenters. The average molecular weight is 431 g/mol. The number of carbonyl (C=O) groups is 3. The summed E-state index contributed by atoms with van der Waals surface area (Å²) in [5.41, 5.74) is 2.80. The molecule has 30 heavy (non-hydrogen) atoms. The Morgan fingerprint density at radius 3 is 2.17 bits per heavy atom. The van der Waals surface area contributed by atoms with Crippen LogP contribution in [0.3, 0.4) is 0 Å². The van der Waals surface area contributed by atoms with E-state index in [4.69, 9.17) is 5.11 Å². The molecule has 1 aliphatic heterocycles. The smallest absolute Gasteiger partial charge is 0.307 e. The van der Waals surface area contributed by atoms with Gasteiger partial charge in [0, 0.05) is 18.7 Å². The van der Waals surface area contributed by atoms with Crippen LogP contribution in [0.1, 0.15) is 27.0 Å². The molecular weight excluding hydrogens is 410 g/mol. The third-order valence-corrected chi connectivity index (χ3v) is 5.98. The molecule has 1 aliphatic rings. The lowest BCUT2D eigenvalue weighted by atomic mass is 10.1. The molecule has 1 saturated heterocycles. The number of nitrogens with zero attached hydrogens (tertiary/aromatic N) is 1. The molecule has 0 radical (unpaired) electrons. The molecule has 0 bridgehead atoms. The van der Waals surface area contributed by atoms with Gasteiger partial charge in [0.15, 0.2) is 0 Å². The highest BCUT2D eigenvalue weighted by atomic mass is 32.2. The van der Waals surface area contributed by atoms with E-state index in [0.717, 1.165) is 15.4 Å². The molecule has 0 atom stereocenters. The van der Waals surface area contributed by atoms with Crippen LogP contribution in [0, 0.1) is 0 Å². The Hall–Kier alpha value is -3.24. The monoisotopic (exact) mass is 431 g/mol. The summed E-state index contributed by atoms with van der Waals surface area (Å²) in [7, 11) is -3.78. The molecule has 10 heteroatoms. The number of aliphatic carboxylic acids is 1. The van der Waals surface area contributed by atoms with Crippen molar-refractivity contribution in [3.8, 4) is 0 Å². The highest BCUT2D eigenvalue weighted by Crippen LogP contribution is 2.13. The van der Waals surface area contributed by atoms with Crippen molar-refractivity contribution >= 4 is 28.0 Å². The molecule has 2 aromatic rings. The highest BCUT2D eigenvalue weighted by molar-refractivity contribution is 7.88. The van der Waals surface area contributed by atoms with Gasteiger partial charge in [-0.25, -0.2) is 4.72 Å². The summed E-state index contributed by atoms with van der Waals surface area (Å²) in [6.07, 6.45) is 0.578. The van der Waals surface area contributed by atoms with Crippen LogP contribution < -0.4 is 10.0 Å². The van der Waals surface area contributed by atoms with Crippen molar-refractivity contribution in [2.24, 2.45) is 0 Å². The number of hydrogen-bond donors (Lipinski definition) is 3.